The van der Waals surface area contributed by atoms with E-state index in [1.54, 1.807) is 44.6 Å². The number of methoxy groups -OCH3 is 2. The van der Waals surface area contributed by atoms with Crippen LogP contribution in [0.25, 0.3) is 6.08 Å². The normalized spacial score (nSPS) is 18.6. The number of nitrogens with one attached hydrogen (secondary N) is 1. The van der Waals surface area contributed by atoms with Gasteiger partial charge in [0.25, 0.3) is 5.56 Å². The summed E-state index contributed by atoms with van der Waals surface area (Å²) >= 11 is 0. The van der Waals surface area contributed by atoms with E-state index in [-0.39, 0.29) is 18.6 Å². The first-order chi connectivity index (χ1) is 22.7. The number of aliphatic hydroxyl groups excluding tert-OH is 2. The number of hydrogen-bond donors (Lipinski definition) is 3. The van der Waals surface area contributed by atoms with Crippen molar-refractivity contribution in [1.82, 2.24) is 9.55 Å². The Bertz CT molecular complexity index is 1750. The van der Waals surface area contributed by atoms with Crippen LogP contribution in [0.4, 0.5) is 0 Å². The van der Waals surface area contributed by atoms with Crippen molar-refractivity contribution in [3.63, 3.8) is 0 Å². The molecule has 3 aromatic carbocycles. The first-order valence-corrected chi connectivity index (χ1v) is 15.2. The summed E-state index contributed by atoms with van der Waals surface area (Å²) in [5.74, 6) is 0.852. The van der Waals surface area contributed by atoms with Crippen LogP contribution in [0.1, 0.15) is 48.2 Å². The van der Waals surface area contributed by atoms with Crippen LogP contribution >= 0.6 is 0 Å². The largest absolute Gasteiger partial charge is 0.497 e. The van der Waals surface area contributed by atoms with Gasteiger partial charge in [0.05, 0.1) is 37.9 Å². The molecule has 1 aliphatic rings. The Morgan fingerprint density at radius 1 is 0.979 bits per heavy atom. The number of aliphatic hydroxyl groups is 2. The van der Waals surface area contributed by atoms with Gasteiger partial charge in [-0.15, -0.1) is 0 Å². The molecule has 11 heteroatoms. The summed E-state index contributed by atoms with van der Waals surface area (Å²) in [5.41, 5.74) is -0.250. The Labute approximate surface area is 271 Å². The summed E-state index contributed by atoms with van der Waals surface area (Å²) in [4.78, 5) is 38.8. The molecule has 1 aliphatic heterocycles. The first kappa shape index (κ1) is 33.4. The highest BCUT2D eigenvalue weighted by molar-refractivity contribution is 5.65. The molecule has 2 heterocycles. The van der Waals surface area contributed by atoms with E-state index in [2.05, 4.69) is 4.98 Å². The lowest BCUT2D eigenvalue weighted by Gasteiger charge is -2.43. The lowest BCUT2D eigenvalue weighted by molar-refractivity contribution is -0.140. The molecule has 11 nitrogen and oxygen atoms in total. The number of carbonyl (C=O) groups is 1. The molecule has 0 aliphatic carbocycles. The van der Waals surface area contributed by atoms with Crippen molar-refractivity contribution >= 4 is 12.0 Å². The molecule has 5 rings (SSSR count). The fraction of sp³-hybridized carbons (Fsp3) is 0.306. The number of rotatable bonds is 12. The van der Waals surface area contributed by atoms with Crippen LogP contribution in [-0.4, -0.2) is 64.9 Å². The van der Waals surface area contributed by atoms with Gasteiger partial charge in [0.1, 0.15) is 29.9 Å². The molecule has 4 aromatic rings. The Balaban J connectivity index is 1.56. The SMILES string of the molecule is COc1ccc(C(c2ccccc2)(c2ccc(OC)cc2)C(O)[C@H]2O[C@@H](n3cc(C=CCCOC(C)=O)c(=O)[nH]c3=O)C[C@@H]2O)cc1. The molecule has 1 aromatic heterocycles. The molecule has 0 bridgehead atoms. The quantitative estimate of drug-likeness (QED) is 0.120. The summed E-state index contributed by atoms with van der Waals surface area (Å²) in [6.45, 7) is 1.45. The summed E-state index contributed by atoms with van der Waals surface area (Å²) in [6.07, 6.45) is 0.145. The van der Waals surface area contributed by atoms with E-state index in [1.165, 1.54) is 23.8 Å². The molecule has 3 N–H and O–H groups in total. The van der Waals surface area contributed by atoms with E-state index in [0.717, 1.165) is 5.56 Å². The van der Waals surface area contributed by atoms with Gasteiger partial charge in [-0.3, -0.25) is 19.1 Å². The van der Waals surface area contributed by atoms with Crippen molar-refractivity contribution in [1.29, 1.82) is 0 Å². The minimum atomic E-state index is -1.37. The monoisotopic (exact) mass is 642 g/mol. The predicted octanol–water partition coefficient (Wildman–Crippen LogP) is 3.56. The lowest BCUT2D eigenvalue weighted by atomic mass is 9.64. The van der Waals surface area contributed by atoms with Crippen LogP contribution in [0.15, 0.2) is 101 Å². The minimum absolute atomic E-state index is 0.0284. The highest BCUT2D eigenvalue weighted by atomic mass is 16.5. The second-order valence-electron chi connectivity index (χ2n) is 11.2. The molecule has 1 saturated heterocycles. The zero-order valence-corrected chi connectivity index (χ0v) is 26.4. The third kappa shape index (κ3) is 6.92. The second-order valence-corrected chi connectivity index (χ2v) is 11.2. The van der Waals surface area contributed by atoms with Gasteiger partial charge < -0.3 is 29.2 Å². The maximum atomic E-state index is 13.0. The maximum absolute atomic E-state index is 13.0. The molecular formula is C36H38N2O9. The van der Waals surface area contributed by atoms with Crippen molar-refractivity contribution in [3.05, 3.63) is 134 Å². The Hall–Kier alpha value is -4.97. The molecule has 246 valence electrons. The van der Waals surface area contributed by atoms with Crippen LogP contribution in [0, 0.1) is 0 Å². The number of nitrogens with zero attached hydrogens (tertiary/aromatic N) is 1. The van der Waals surface area contributed by atoms with Crippen LogP contribution in [0.5, 0.6) is 11.5 Å². The van der Waals surface area contributed by atoms with Gasteiger partial charge in [0, 0.05) is 19.5 Å². The van der Waals surface area contributed by atoms with Gasteiger partial charge in [-0.1, -0.05) is 66.7 Å². The van der Waals surface area contributed by atoms with Crippen molar-refractivity contribution in [2.75, 3.05) is 20.8 Å². The zero-order chi connectivity index (χ0) is 33.6. The number of aromatic nitrogens is 2. The Morgan fingerprint density at radius 3 is 2.11 bits per heavy atom. The molecule has 0 radical (unpaired) electrons. The number of aromatic amines is 1. The number of hydrogen-bond acceptors (Lipinski definition) is 9. The molecule has 1 fully saturated rings. The standard InChI is InChI=1S/C36H38N2O9/c1-23(39)46-20-8-7-9-24-22-38(35(43)37-34(24)42)31-21-30(40)32(47-31)33(41)36(25-10-5-4-6-11-25,26-12-16-28(44-2)17-13-26)27-14-18-29(45-3)19-15-27/h4-7,9-19,22,30-33,40-41H,8,20-21H2,1-3H3,(H,37,42,43)/t30-,31+,32-,33?/m0/s1. The van der Waals surface area contributed by atoms with Gasteiger partial charge in [0.15, 0.2) is 0 Å². The smallest absolute Gasteiger partial charge is 0.330 e. The molecule has 4 atom stereocenters. The van der Waals surface area contributed by atoms with Crippen LogP contribution in [0.2, 0.25) is 0 Å². The average Bonchev–Trinajstić information content (AvgIpc) is 3.47. The highest BCUT2D eigenvalue weighted by Gasteiger charge is 2.52. The molecule has 0 saturated carbocycles. The maximum Gasteiger partial charge on any atom is 0.330 e. The molecule has 0 amide bonds. The third-order valence-electron chi connectivity index (χ3n) is 8.40. The third-order valence-corrected chi connectivity index (χ3v) is 8.40. The summed E-state index contributed by atoms with van der Waals surface area (Å²) in [6, 6.07) is 24.1. The highest BCUT2D eigenvalue weighted by Crippen LogP contribution is 2.47. The number of ether oxygens (including phenoxy) is 4. The fourth-order valence-electron chi connectivity index (χ4n) is 6.11. The Morgan fingerprint density at radius 2 is 1.55 bits per heavy atom. The molecule has 47 heavy (non-hydrogen) atoms. The van der Waals surface area contributed by atoms with E-state index in [0.29, 0.717) is 29.0 Å². The minimum Gasteiger partial charge on any atom is -0.497 e. The van der Waals surface area contributed by atoms with E-state index in [9.17, 15) is 24.6 Å². The van der Waals surface area contributed by atoms with E-state index in [4.69, 9.17) is 18.9 Å². The van der Waals surface area contributed by atoms with E-state index >= 15 is 0 Å². The molecule has 1 unspecified atom stereocenters. The van der Waals surface area contributed by atoms with Crippen molar-refractivity contribution in [3.8, 4) is 11.5 Å². The molecular weight excluding hydrogens is 604 g/mol. The summed E-state index contributed by atoms with van der Waals surface area (Å²) in [5, 5.41) is 24.0. The lowest BCUT2D eigenvalue weighted by Crippen LogP contribution is -2.51. The molecule has 0 spiro atoms. The summed E-state index contributed by atoms with van der Waals surface area (Å²) < 4.78 is 23.3. The van der Waals surface area contributed by atoms with Gasteiger partial charge in [-0.05, 0) is 47.4 Å². The number of H-pyrrole nitrogens is 1. The van der Waals surface area contributed by atoms with Crippen molar-refractivity contribution < 1.29 is 34.0 Å². The summed E-state index contributed by atoms with van der Waals surface area (Å²) in [7, 11) is 3.15. The van der Waals surface area contributed by atoms with Gasteiger partial charge >= 0.3 is 11.7 Å². The fourth-order valence-corrected chi connectivity index (χ4v) is 6.11. The zero-order valence-electron chi connectivity index (χ0n) is 26.4. The predicted molar refractivity (Wildman–Crippen MR) is 174 cm³/mol. The van der Waals surface area contributed by atoms with Crippen molar-refractivity contribution in [2.24, 2.45) is 0 Å². The van der Waals surface area contributed by atoms with Crippen LogP contribution < -0.4 is 20.7 Å². The van der Waals surface area contributed by atoms with E-state index < -0.39 is 47.2 Å². The number of benzene rings is 3. The van der Waals surface area contributed by atoms with Gasteiger partial charge in [-0.2, -0.15) is 0 Å². The number of carbonyl (C=O) groups excluding carboxylic acids is 1. The topological polar surface area (TPSA) is 149 Å². The van der Waals surface area contributed by atoms with Crippen LogP contribution in [0.3, 0.4) is 0 Å². The Kier molecular flexibility index (Phi) is 10.4. The van der Waals surface area contributed by atoms with Gasteiger partial charge in [0.2, 0.25) is 0 Å². The average molecular weight is 643 g/mol. The van der Waals surface area contributed by atoms with Crippen molar-refractivity contribution in [2.45, 2.75) is 49.7 Å². The van der Waals surface area contributed by atoms with Crippen LogP contribution in [-0.2, 0) is 19.7 Å². The second kappa shape index (κ2) is 14.6. The first-order valence-electron chi connectivity index (χ1n) is 15.2. The van der Waals surface area contributed by atoms with E-state index in [1.807, 2.05) is 54.6 Å². The van der Waals surface area contributed by atoms with Gasteiger partial charge in [-0.25, -0.2) is 4.79 Å². The number of esters is 1.